The summed E-state index contributed by atoms with van der Waals surface area (Å²) in [4.78, 5) is 0. The maximum Gasteiger partial charge on any atom is 0.0320 e. The molecule has 0 radical (unpaired) electrons. The van der Waals surface area contributed by atoms with E-state index in [-0.39, 0.29) is 0 Å². The molecule has 1 saturated carbocycles. The largest absolute Gasteiger partial charge is 0.307 e. The van der Waals surface area contributed by atoms with E-state index in [4.69, 9.17) is 0 Å². The molecular formula is C19H31N. The van der Waals surface area contributed by atoms with Crippen molar-refractivity contribution in [2.24, 2.45) is 5.41 Å². The van der Waals surface area contributed by atoms with Gasteiger partial charge < -0.3 is 5.32 Å². The van der Waals surface area contributed by atoms with Crippen molar-refractivity contribution in [3.8, 4) is 0 Å². The third-order valence-corrected chi connectivity index (χ3v) is 4.97. The highest BCUT2D eigenvalue weighted by molar-refractivity contribution is 5.25. The van der Waals surface area contributed by atoms with E-state index in [9.17, 15) is 0 Å². The molecule has 0 aliphatic heterocycles. The zero-order valence-electron chi connectivity index (χ0n) is 13.7. The van der Waals surface area contributed by atoms with E-state index in [1.54, 1.807) is 0 Å². The van der Waals surface area contributed by atoms with Gasteiger partial charge in [0.25, 0.3) is 0 Å². The summed E-state index contributed by atoms with van der Waals surface area (Å²) in [6, 6.07) is 10.4. The fourth-order valence-electron chi connectivity index (χ4n) is 3.29. The average Bonchev–Trinajstić information content (AvgIpc) is 2.46. The Morgan fingerprint density at radius 2 is 1.70 bits per heavy atom. The van der Waals surface area contributed by atoms with E-state index in [1.165, 1.54) is 43.2 Å². The molecule has 1 aliphatic rings. The van der Waals surface area contributed by atoms with Crippen molar-refractivity contribution in [3.63, 3.8) is 0 Å². The number of hydrogen-bond acceptors (Lipinski definition) is 1. The molecule has 0 amide bonds. The van der Waals surface area contributed by atoms with E-state index in [2.05, 4.69) is 57.3 Å². The molecule has 1 heteroatoms. The lowest BCUT2D eigenvalue weighted by Crippen LogP contribution is -2.37. The summed E-state index contributed by atoms with van der Waals surface area (Å²) in [6.45, 7) is 9.32. The molecule has 1 aliphatic carbocycles. The van der Waals surface area contributed by atoms with Gasteiger partial charge in [-0.15, -0.1) is 0 Å². The Morgan fingerprint density at radius 3 is 2.20 bits per heavy atom. The van der Waals surface area contributed by atoms with Crippen LogP contribution in [0.5, 0.6) is 0 Å². The standard InChI is InChI=1S/C19H31N/c1-5-15-7-9-16(10-8-15)18(6-2)20-17-11-13-19(3,4)14-12-17/h7-10,17-18,20H,5-6,11-14H2,1-4H3. The second-order valence-electron chi connectivity index (χ2n) is 7.16. The average molecular weight is 273 g/mol. The summed E-state index contributed by atoms with van der Waals surface area (Å²) in [7, 11) is 0. The van der Waals surface area contributed by atoms with Crippen molar-refractivity contribution >= 4 is 0 Å². The predicted molar refractivity (Wildman–Crippen MR) is 88.0 cm³/mol. The molecule has 0 spiro atoms. The Morgan fingerprint density at radius 1 is 1.10 bits per heavy atom. The molecule has 0 saturated heterocycles. The molecule has 20 heavy (non-hydrogen) atoms. The lowest BCUT2D eigenvalue weighted by atomic mass is 9.75. The van der Waals surface area contributed by atoms with Gasteiger partial charge in [0.2, 0.25) is 0 Å². The van der Waals surface area contributed by atoms with Gasteiger partial charge in [-0.1, -0.05) is 52.0 Å². The molecule has 0 heterocycles. The van der Waals surface area contributed by atoms with Crippen LogP contribution in [-0.4, -0.2) is 6.04 Å². The second-order valence-corrected chi connectivity index (χ2v) is 7.16. The van der Waals surface area contributed by atoms with Gasteiger partial charge in [-0.2, -0.15) is 0 Å². The molecular weight excluding hydrogens is 242 g/mol. The van der Waals surface area contributed by atoms with Crippen LogP contribution < -0.4 is 5.32 Å². The molecule has 0 aromatic heterocycles. The first-order chi connectivity index (χ1) is 9.54. The summed E-state index contributed by atoms with van der Waals surface area (Å²) in [5.41, 5.74) is 3.44. The van der Waals surface area contributed by atoms with Crippen molar-refractivity contribution < 1.29 is 0 Å². The molecule has 1 aromatic carbocycles. The van der Waals surface area contributed by atoms with Crippen molar-refractivity contribution in [3.05, 3.63) is 35.4 Å². The van der Waals surface area contributed by atoms with Crippen LogP contribution in [0.1, 0.15) is 77.0 Å². The predicted octanol–water partition coefficient (Wildman–Crippen LogP) is 5.26. The highest BCUT2D eigenvalue weighted by Crippen LogP contribution is 2.36. The summed E-state index contributed by atoms with van der Waals surface area (Å²) in [6.07, 6.45) is 7.67. The van der Waals surface area contributed by atoms with Gasteiger partial charge >= 0.3 is 0 Å². The van der Waals surface area contributed by atoms with E-state index >= 15 is 0 Å². The molecule has 1 unspecified atom stereocenters. The molecule has 0 bridgehead atoms. The Labute approximate surface area is 125 Å². The lowest BCUT2D eigenvalue weighted by Gasteiger charge is -2.36. The normalized spacial score (nSPS) is 20.8. The number of rotatable bonds is 5. The SMILES string of the molecule is CCc1ccc(C(CC)NC2CCC(C)(C)CC2)cc1. The smallest absolute Gasteiger partial charge is 0.0320 e. The lowest BCUT2D eigenvalue weighted by molar-refractivity contribution is 0.197. The van der Waals surface area contributed by atoms with Crippen molar-refractivity contribution in [2.45, 2.75) is 78.3 Å². The van der Waals surface area contributed by atoms with Crippen LogP contribution in [0.15, 0.2) is 24.3 Å². The van der Waals surface area contributed by atoms with Crippen LogP contribution >= 0.6 is 0 Å². The maximum atomic E-state index is 3.90. The second kappa shape index (κ2) is 6.76. The van der Waals surface area contributed by atoms with Crippen LogP contribution in [0.2, 0.25) is 0 Å². The number of aryl methyl sites for hydroxylation is 1. The fraction of sp³-hybridized carbons (Fsp3) is 0.684. The number of benzene rings is 1. The first-order valence-corrected chi connectivity index (χ1v) is 8.39. The van der Waals surface area contributed by atoms with E-state index in [0.717, 1.165) is 6.42 Å². The maximum absolute atomic E-state index is 3.90. The summed E-state index contributed by atoms with van der Waals surface area (Å²) in [5.74, 6) is 0. The number of nitrogens with one attached hydrogen (secondary N) is 1. The van der Waals surface area contributed by atoms with Crippen molar-refractivity contribution in [2.75, 3.05) is 0 Å². The van der Waals surface area contributed by atoms with Crippen LogP contribution in [0.25, 0.3) is 0 Å². The molecule has 1 atom stereocenters. The molecule has 1 nitrogen and oxygen atoms in total. The van der Waals surface area contributed by atoms with E-state index in [0.29, 0.717) is 17.5 Å². The van der Waals surface area contributed by atoms with Crippen LogP contribution in [0.3, 0.4) is 0 Å². The third-order valence-electron chi connectivity index (χ3n) is 4.97. The Hall–Kier alpha value is -0.820. The van der Waals surface area contributed by atoms with Crippen LogP contribution in [0, 0.1) is 5.41 Å². The first kappa shape index (κ1) is 15.6. The Kier molecular flexibility index (Phi) is 5.26. The highest BCUT2D eigenvalue weighted by atomic mass is 15.0. The minimum atomic E-state index is 0.520. The van der Waals surface area contributed by atoms with Gasteiger partial charge in [0.15, 0.2) is 0 Å². The van der Waals surface area contributed by atoms with E-state index < -0.39 is 0 Å². The fourth-order valence-corrected chi connectivity index (χ4v) is 3.29. The highest BCUT2D eigenvalue weighted by Gasteiger charge is 2.27. The summed E-state index contributed by atoms with van der Waals surface area (Å²) < 4.78 is 0. The molecule has 112 valence electrons. The Bertz CT molecular complexity index is 394. The molecule has 1 fully saturated rings. The molecule has 2 rings (SSSR count). The van der Waals surface area contributed by atoms with Gasteiger partial charge in [0.1, 0.15) is 0 Å². The molecule has 1 N–H and O–H groups in total. The summed E-state index contributed by atoms with van der Waals surface area (Å²) in [5, 5.41) is 3.90. The third kappa shape index (κ3) is 4.09. The topological polar surface area (TPSA) is 12.0 Å². The van der Waals surface area contributed by atoms with E-state index in [1.807, 2.05) is 0 Å². The van der Waals surface area contributed by atoms with Crippen LogP contribution in [0.4, 0.5) is 0 Å². The van der Waals surface area contributed by atoms with Gasteiger partial charge in [0, 0.05) is 12.1 Å². The zero-order valence-corrected chi connectivity index (χ0v) is 13.7. The quantitative estimate of drug-likeness (QED) is 0.771. The Balaban J connectivity index is 1.95. The van der Waals surface area contributed by atoms with Gasteiger partial charge in [-0.3, -0.25) is 0 Å². The first-order valence-electron chi connectivity index (χ1n) is 8.39. The van der Waals surface area contributed by atoms with Crippen LogP contribution in [-0.2, 0) is 6.42 Å². The minimum Gasteiger partial charge on any atom is -0.307 e. The van der Waals surface area contributed by atoms with Gasteiger partial charge in [-0.05, 0) is 55.1 Å². The van der Waals surface area contributed by atoms with Gasteiger partial charge in [0.05, 0.1) is 0 Å². The van der Waals surface area contributed by atoms with Gasteiger partial charge in [-0.25, -0.2) is 0 Å². The monoisotopic (exact) mass is 273 g/mol. The summed E-state index contributed by atoms with van der Waals surface area (Å²) >= 11 is 0. The molecule has 1 aromatic rings. The number of hydrogen-bond donors (Lipinski definition) is 1. The minimum absolute atomic E-state index is 0.520. The zero-order chi connectivity index (χ0) is 14.6. The van der Waals surface area contributed by atoms with Crippen molar-refractivity contribution in [1.29, 1.82) is 0 Å². The van der Waals surface area contributed by atoms with Crippen molar-refractivity contribution in [1.82, 2.24) is 5.32 Å².